The minimum absolute atomic E-state index is 0.0369. The topological polar surface area (TPSA) is 87.3 Å². The average Bonchev–Trinajstić information content (AvgIpc) is 2.46. The zero-order valence-corrected chi connectivity index (χ0v) is 15.0. The van der Waals surface area contributed by atoms with Crippen LogP contribution in [0.3, 0.4) is 0 Å². The molecule has 1 amide bonds. The highest BCUT2D eigenvalue weighted by Gasteiger charge is 2.23. The summed E-state index contributed by atoms with van der Waals surface area (Å²) in [5.41, 5.74) is 0. The lowest BCUT2D eigenvalue weighted by molar-refractivity contribution is -0.122. The van der Waals surface area contributed by atoms with Crippen LogP contribution in [0.25, 0.3) is 0 Å². The van der Waals surface area contributed by atoms with Gasteiger partial charge >= 0.3 is 0 Å². The number of carbonyl (C=O) groups is 1. The van der Waals surface area contributed by atoms with E-state index < -0.39 is 10.0 Å². The van der Waals surface area contributed by atoms with Crippen molar-refractivity contribution in [1.29, 1.82) is 0 Å². The van der Waals surface area contributed by atoms with E-state index in [1.165, 1.54) is 19.3 Å². The summed E-state index contributed by atoms with van der Waals surface area (Å²) in [5, 5.41) is 6.11. The first-order valence-corrected chi connectivity index (χ1v) is 10.6. The molecule has 0 radical (unpaired) electrons. The Kier molecular flexibility index (Phi) is 7.30. The molecule has 2 fully saturated rings. The molecule has 23 heavy (non-hydrogen) atoms. The van der Waals surface area contributed by atoms with Crippen LogP contribution in [0, 0.1) is 17.8 Å². The van der Waals surface area contributed by atoms with E-state index in [1.54, 1.807) is 0 Å². The van der Waals surface area contributed by atoms with E-state index in [0.29, 0.717) is 30.7 Å². The maximum Gasteiger partial charge on any atom is 0.220 e. The summed E-state index contributed by atoms with van der Waals surface area (Å²) in [7, 11) is -3.27. The zero-order valence-electron chi connectivity index (χ0n) is 14.1. The van der Waals surface area contributed by atoms with Crippen LogP contribution in [-0.2, 0) is 14.8 Å². The van der Waals surface area contributed by atoms with Gasteiger partial charge in [0.15, 0.2) is 0 Å². The molecule has 0 aromatic rings. The van der Waals surface area contributed by atoms with Crippen molar-refractivity contribution in [1.82, 2.24) is 15.4 Å². The number of carbonyl (C=O) groups excluding carboxylic acids is 1. The Bertz CT molecular complexity index is 471. The molecule has 1 aliphatic heterocycles. The fraction of sp³-hybridized carbons (Fsp3) is 0.938. The van der Waals surface area contributed by atoms with Gasteiger partial charge in [0.1, 0.15) is 0 Å². The molecule has 0 aromatic carbocycles. The molecule has 2 unspecified atom stereocenters. The number of hydrogen-bond acceptors (Lipinski definition) is 4. The highest BCUT2D eigenvalue weighted by atomic mass is 32.2. The SMILES string of the molecule is CC(CC(=O)NCCS(=O)(=O)NCC1CCC1)C1CCCNC1. The lowest BCUT2D eigenvalue weighted by Crippen LogP contribution is -2.39. The van der Waals surface area contributed by atoms with Crippen molar-refractivity contribution in [2.75, 3.05) is 31.9 Å². The van der Waals surface area contributed by atoms with Gasteiger partial charge in [0.2, 0.25) is 15.9 Å². The lowest BCUT2D eigenvalue weighted by atomic mass is 9.85. The van der Waals surface area contributed by atoms with Crippen molar-refractivity contribution in [2.45, 2.75) is 45.4 Å². The van der Waals surface area contributed by atoms with Crippen LogP contribution in [0.4, 0.5) is 0 Å². The van der Waals surface area contributed by atoms with Crippen LogP contribution in [0.1, 0.15) is 45.4 Å². The Morgan fingerprint density at radius 2 is 2.04 bits per heavy atom. The summed E-state index contributed by atoms with van der Waals surface area (Å²) in [6.45, 7) is 4.89. The molecular weight excluding hydrogens is 314 g/mol. The molecule has 7 heteroatoms. The molecular formula is C16H31N3O3S. The first-order valence-electron chi connectivity index (χ1n) is 8.91. The lowest BCUT2D eigenvalue weighted by Gasteiger charge is -2.28. The quantitative estimate of drug-likeness (QED) is 0.578. The normalized spacial score (nSPS) is 24.0. The van der Waals surface area contributed by atoms with Gasteiger partial charge in [-0.1, -0.05) is 13.3 Å². The number of rotatable bonds is 9. The highest BCUT2D eigenvalue weighted by Crippen LogP contribution is 2.25. The second-order valence-corrected chi connectivity index (χ2v) is 9.03. The fourth-order valence-electron chi connectivity index (χ4n) is 3.23. The van der Waals surface area contributed by atoms with Crippen LogP contribution in [-0.4, -0.2) is 46.3 Å². The van der Waals surface area contributed by atoms with E-state index in [4.69, 9.17) is 0 Å². The van der Waals surface area contributed by atoms with Crippen LogP contribution in [0.2, 0.25) is 0 Å². The van der Waals surface area contributed by atoms with Gasteiger partial charge in [-0.25, -0.2) is 13.1 Å². The van der Waals surface area contributed by atoms with E-state index in [2.05, 4.69) is 22.3 Å². The summed E-state index contributed by atoms with van der Waals surface area (Å²) in [6, 6.07) is 0. The predicted octanol–water partition coefficient (Wildman–Crippen LogP) is 0.848. The Labute approximate surface area is 140 Å². The molecule has 2 atom stereocenters. The molecule has 1 aliphatic carbocycles. The van der Waals surface area contributed by atoms with E-state index in [1.807, 2.05) is 0 Å². The van der Waals surface area contributed by atoms with E-state index in [9.17, 15) is 13.2 Å². The molecule has 6 nitrogen and oxygen atoms in total. The first-order chi connectivity index (χ1) is 11.0. The summed E-state index contributed by atoms with van der Waals surface area (Å²) in [5.74, 6) is 1.30. The van der Waals surface area contributed by atoms with Gasteiger partial charge in [-0.05, 0) is 56.5 Å². The Morgan fingerprint density at radius 3 is 2.65 bits per heavy atom. The maximum absolute atomic E-state index is 12.0. The second kappa shape index (κ2) is 8.99. The van der Waals surface area contributed by atoms with Crippen molar-refractivity contribution in [2.24, 2.45) is 17.8 Å². The molecule has 1 saturated heterocycles. The molecule has 2 aliphatic rings. The average molecular weight is 346 g/mol. The second-order valence-electron chi connectivity index (χ2n) is 7.10. The van der Waals surface area contributed by atoms with E-state index in [-0.39, 0.29) is 18.2 Å². The minimum Gasteiger partial charge on any atom is -0.355 e. The molecule has 1 heterocycles. The molecule has 0 spiro atoms. The van der Waals surface area contributed by atoms with Crippen LogP contribution in [0.15, 0.2) is 0 Å². The maximum atomic E-state index is 12.0. The molecule has 0 aromatic heterocycles. The first kappa shape index (κ1) is 18.7. The minimum atomic E-state index is -3.27. The fourth-order valence-corrected chi connectivity index (χ4v) is 4.24. The van der Waals surface area contributed by atoms with E-state index >= 15 is 0 Å². The third-order valence-corrected chi connectivity index (χ3v) is 6.50. The summed E-state index contributed by atoms with van der Waals surface area (Å²) < 4.78 is 26.4. The van der Waals surface area contributed by atoms with Gasteiger partial charge in [-0.2, -0.15) is 0 Å². The van der Waals surface area contributed by atoms with Crippen molar-refractivity contribution in [3.63, 3.8) is 0 Å². The van der Waals surface area contributed by atoms with Crippen LogP contribution in [0.5, 0.6) is 0 Å². The summed E-state index contributed by atoms with van der Waals surface area (Å²) in [4.78, 5) is 12.0. The summed E-state index contributed by atoms with van der Waals surface area (Å²) in [6.07, 6.45) is 6.25. The van der Waals surface area contributed by atoms with Gasteiger partial charge in [0.05, 0.1) is 5.75 Å². The molecule has 3 N–H and O–H groups in total. The van der Waals surface area contributed by atoms with Gasteiger partial charge in [0, 0.05) is 19.5 Å². The Morgan fingerprint density at radius 1 is 1.26 bits per heavy atom. The van der Waals surface area contributed by atoms with Gasteiger partial charge < -0.3 is 10.6 Å². The standard InChI is InChI=1S/C16H31N3O3S/c1-13(15-6-3-7-17-12-15)10-16(20)18-8-9-23(21,22)19-11-14-4-2-5-14/h13-15,17,19H,2-12H2,1H3,(H,18,20). The zero-order chi connectivity index (χ0) is 16.7. The number of sulfonamides is 1. The Balaban J connectivity index is 1.59. The van der Waals surface area contributed by atoms with Crippen LogP contribution >= 0.6 is 0 Å². The van der Waals surface area contributed by atoms with Gasteiger partial charge in [-0.3, -0.25) is 4.79 Å². The number of nitrogens with one attached hydrogen (secondary N) is 3. The Hall–Kier alpha value is -0.660. The molecule has 0 bridgehead atoms. The van der Waals surface area contributed by atoms with Crippen molar-refractivity contribution < 1.29 is 13.2 Å². The van der Waals surface area contributed by atoms with Crippen molar-refractivity contribution in [3.05, 3.63) is 0 Å². The third kappa shape index (κ3) is 6.77. The van der Waals surface area contributed by atoms with E-state index in [0.717, 1.165) is 25.9 Å². The molecule has 2 rings (SSSR count). The predicted molar refractivity (Wildman–Crippen MR) is 91.5 cm³/mol. The highest BCUT2D eigenvalue weighted by molar-refractivity contribution is 7.89. The molecule has 134 valence electrons. The smallest absolute Gasteiger partial charge is 0.220 e. The third-order valence-electron chi connectivity index (χ3n) is 5.16. The molecule has 1 saturated carbocycles. The largest absolute Gasteiger partial charge is 0.355 e. The van der Waals surface area contributed by atoms with Gasteiger partial charge in [0.25, 0.3) is 0 Å². The number of hydrogen-bond donors (Lipinski definition) is 3. The van der Waals surface area contributed by atoms with Crippen molar-refractivity contribution >= 4 is 15.9 Å². The monoisotopic (exact) mass is 345 g/mol. The van der Waals surface area contributed by atoms with Crippen LogP contribution < -0.4 is 15.4 Å². The van der Waals surface area contributed by atoms with Gasteiger partial charge in [-0.15, -0.1) is 0 Å². The number of amides is 1. The van der Waals surface area contributed by atoms with Crippen molar-refractivity contribution in [3.8, 4) is 0 Å². The number of piperidine rings is 1. The summed E-state index contributed by atoms with van der Waals surface area (Å²) >= 11 is 0.